The van der Waals surface area contributed by atoms with E-state index in [-0.39, 0.29) is 18.6 Å². The number of carbonyl (C=O) groups excluding carboxylic acids is 1. The van der Waals surface area contributed by atoms with Crippen LogP contribution >= 0.6 is 0 Å². The lowest BCUT2D eigenvalue weighted by Crippen LogP contribution is -2.41. The molecule has 0 unspecified atom stereocenters. The Labute approximate surface area is 183 Å². The van der Waals surface area contributed by atoms with Gasteiger partial charge in [-0.25, -0.2) is 0 Å². The van der Waals surface area contributed by atoms with E-state index >= 15 is 0 Å². The number of hydrogen-bond donors (Lipinski definition) is 1. The van der Waals surface area contributed by atoms with Crippen molar-refractivity contribution in [1.82, 2.24) is 4.90 Å². The number of hydrogen-bond acceptors (Lipinski definition) is 2. The van der Waals surface area contributed by atoms with Gasteiger partial charge in [-0.1, -0.05) is 67.1 Å². The molecule has 1 aromatic carbocycles. The molecule has 1 aliphatic heterocycles. The maximum atomic E-state index is 12.8. The van der Waals surface area contributed by atoms with Gasteiger partial charge >= 0.3 is 0 Å². The molecule has 3 heteroatoms. The molecule has 0 spiro atoms. The van der Waals surface area contributed by atoms with Crippen molar-refractivity contribution in [2.45, 2.75) is 77.2 Å². The fourth-order valence-electron chi connectivity index (χ4n) is 3.85. The van der Waals surface area contributed by atoms with Crippen LogP contribution in [0.5, 0.6) is 0 Å². The Kier molecular flexibility index (Phi) is 11.9. The molecule has 1 heterocycles. The van der Waals surface area contributed by atoms with E-state index in [1.54, 1.807) is 0 Å². The van der Waals surface area contributed by atoms with Gasteiger partial charge < -0.3 is 10.0 Å². The molecule has 164 valence electrons. The lowest BCUT2D eigenvalue weighted by Gasteiger charge is -2.28. The zero-order chi connectivity index (χ0) is 21.4. The monoisotopic (exact) mass is 409 g/mol. The summed E-state index contributed by atoms with van der Waals surface area (Å²) in [6.45, 7) is 2.71. The van der Waals surface area contributed by atoms with Crippen molar-refractivity contribution in [3.63, 3.8) is 0 Å². The smallest absolute Gasteiger partial charge is 0.222 e. The van der Waals surface area contributed by atoms with Crippen LogP contribution in [0.3, 0.4) is 0 Å². The van der Waals surface area contributed by atoms with E-state index in [0.717, 1.165) is 64.3 Å². The second-order valence-electron chi connectivity index (χ2n) is 8.18. The van der Waals surface area contributed by atoms with E-state index in [2.05, 4.69) is 60.7 Å². The van der Waals surface area contributed by atoms with Crippen LogP contribution in [0.2, 0.25) is 0 Å². The minimum atomic E-state index is -0.108. The van der Waals surface area contributed by atoms with E-state index in [1.165, 1.54) is 11.1 Å². The maximum absolute atomic E-state index is 12.8. The van der Waals surface area contributed by atoms with Gasteiger partial charge in [-0.05, 0) is 69.4 Å². The van der Waals surface area contributed by atoms with E-state index < -0.39 is 0 Å². The number of aliphatic hydroxyl groups is 1. The van der Waals surface area contributed by atoms with Crippen LogP contribution in [0, 0.1) is 0 Å². The second kappa shape index (κ2) is 14.8. The minimum Gasteiger partial charge on any atom is -0.394 e. The van der Waals surface area contributed by atoms with Crippen molar-refractivity contribution in [2.24, 2.45) is 0 Å². The quantitative estimate of drug-likeness (QED) is 0.629. The van der Waals surface area contributed by atoms with Crippen molar-refractivity contribution in [2.75, 3.05) is 13.2 Å². The van der Waals surface area contributed by atoms with Crippen LogP contribution in [0.4, 0.5) is 0 Å². The van der Waals surface area contributed by atoms with Crippen LogP contribution < -0.4 is 0 Å². The molecule has 0 saturated heterocycles. The first-order chi connectivity index (χ1) is 14.7. The largest absolute Gasteiger partial charge is 0.394 e. The molecule has 0 bridgehead atoms. The molecular formula is C27H39NO2. The Hall–Kier alpha value is -2.13. The lowest BCUT2D eigenvalue weighted by molar-refractivity contribution is -0.134. The van der Waals surface area contributed by atoms with E-state index in [9.17, 15) is 9.90 Å². The van der Waals surface area contributed by atoms with Crippen molar-refractivity contribution in [1.29, 1.82) is 0 Å². The summed E-state index contributed by atoms with van der Waals surface area (Å²) in [7, 11) is 0. The number of rotatable bonds is 2. The highest BCUT2D eigenvalue weighted by atomic mass is 16.3. The van der Waals surface area contributed by atoms with Crippen molar-refractivity contribution in [3.05, 3.63) is 71.8 Å². The average Bonchev–Trinajstić information content (AvgIpc) is 2.76. The number of nitrogens with zero attached hydrogens (tertiary/aromatic N) is 1. The van der Waals surface area contributed by atoms with Gasteiger partial charge in [-0.2, -0.15) is 0 Å². The number of carbonyl (C=O) groups is 1. The molecule has 1 aromatic rings. The zero-order valence-electron chi connectivity index (χ0n) is 18.6. The third-order valence-corrected chi connectivity index (χ3v) is 5.72. The van der Waals surface area contributed by atoms with Gasteiger partial charge in [0.15, 0.2) is 0 Å². The molecule has 3 nitrogen and oxygen atoms in total. The molecular weight excluding hydrogens is 370 g/mol. The highest BCUT2D eigenvalue weighted by molar-refractivity contribution is 5.76. The van der Waals surface area contributed by atoms with Gasteiger partial charge in [0.2, 0.25) is 5.91 Å². The Bertz CT molecular complexity index is 705. The summed E-state index contributed by atoms with van der Waals surface area (Å²) in [5, 5.41) is 9.59. The van der Waals surface area contributed by atoms with Crippen molar-refractivity contribution < 1.29 is 9.90 Å². The van der Waals surface area contributed by atoms with Gasteiger partial charge in [0.1, 0.15) is 0 Å². The standard InChI is InChI=1S/C27H39NO2/c1-24(23-29)28-22-15-11-9-7-5-3-2-4-6-8-10-12-17-25-18-13-14-19-26(25)20-16-21-27(28)30/h3-6,10,12-14,18-19,24,29H,2,7-9,11,15-17,20-23H2,1H3/b5-3-,6-4-,12-10-/t24-/m1/s1. The Morgan fingerprint density at radius 3 is 2.33 bits per heavy atom. The third-order valence-electron chi connectivity index (χ3n) is 5.72. The van der Waals surface area contributed by atoms with E-state index in [4.69, 9.17) is 0 Å². The summed E-state index contributed by atoms with van der Waals surface area (Å²) in [5.41, 5.74) is 2.68. The topological polar surface area (TPSA) is 40.5 Å². The molecule has 0 fully saturated rings. The summed E-state index contributed by atoms with van der Waals surface area (Å²) < 4.78 is 0. The number of aryl methyl sites for hydroxylation is 1. The van der Waals surface area contributed by atoms with E-state index in [0.29, 0.717) is 6.42 Å². The number of allylic oxidation sites excluding steroid dienone is 6. The highest BCUT2D eigenvalue weighted by Gasteiger charge is 2.18. The average molecular weight is 410 g/mol. The summed E-state index contributed by atoms with van der Waals surface area (Å²) in [6, 6.07) is 8.45. The van der Waals surface area contributed by atoms with Gasteiger partial charge in [-0.15, -0.1) is 0 Å². The molecule has 1 N–H and O–H groups in total. The summed E-state index contributed by atoms with van der Waals surface area (Å²) in [5.74, 6) is 0.172. The predicted octanol–water partition coefficient (Wildman–Crippen LogP) is 5.78. The molecule has 30 heavy (non-hydrogen) atoms. The molecule has 0 radical (unpaired) electrons. The van der Waals surface area contributed by atoms with Crippen LogP contribution in [0.1, 0.15) is 69.4 Å². The maximum Gasteiger partial charge on any atom is 0.222 e. The normalized spacial score (nSPS) is 22.3. The molecule has 2 rings (SSSR count). The minimum absolute atomic E-state index is 0.0250. The van der Waals surface area contributed by atoms with E-state index in [1.807, 2.05) is 11.8 Å². The Morgan fingerprint density at radius 1 is 0.867 bits per heavy atom. The first-order valence-corrected chi connectivity index (χ1v) is 11.6. The van der Waals surface area contributed by atoms with Crippen molar-refractivity contribution in [3.8, 4) is 0 Å². The molecule has 0 aliphatic carbocycles. The molecule has 1 aliphatic rings. The summed E-state index contributed by atoms with van der Waals surface area (Å²) >= 11 is 0. The molecule has 0 aromatic heterocycles. The highest BCUT2D eigenvalue weighted by Crippen LogP contribution is 2.15. The third kappa shape index (κ3) is 9.13. The predicted molar refractivity (Wildman–Crippen MR) is 126 cm³/mol. The first kappa shape index (κ1) is 24.1. The molecule has 1 amide bonds. The van der Waals surface area contributed by atoms with Gasteiger partial charge in [0.05, 0.1) is 12.6 Å². The SMILES string of the molecule is C[C@H](CO)N1CCCCC/C=C\C/C=C\C/C=C\Cc2ccccc2CCCC1=O. The summed E-state index contributed by atoms with van der Waals surface area (Å²) in [4.78, 5) is 14.7. The number of fused-ring (bicyclic) bond motifs is 1. The van der Waals surface area contributed by atoms with Crippen LogP contribution in [0.15, 0.2) is 60.7 Å². The number of amides is 1. The van der Waals surface area contributed by atoms with Crippen LogP contribution in [-0.2, 0) is 17.6 Å². The van der Waals surface area contributed by atoms with Gasteiger partial charge in [0, 0.05) is 13.0 Å². The van der Waals surface area contributed by atoms with Gasteiger partial charge in [0.25, 0.3) is 0 Å². The number of aliphatic hydroxyl groups excluding tert-OH is 1. The lowest BCUT2D eigenvalue weighted by atomic mass is 9.99. The zero-order valence-corrected chi connectivity index (χ0v) is 18.6. The molecule has 0 saturated carbocycles. The Morgan fingerprint density at radius 2 is 1.57 bits per heavy atom. The van der Waals surface area contributed by atoms with Crippen LogP contribution in [0.25, 0.3) is 0 Å². The van der Waals surface area contributed by atoms with Crippen molar-refractivity contribution >= 4 is 5.91 Å². The van der Waals surface area contributed by atoms with Crippen LogP contribution in [-0.4, -0.2) is 35.1 Å². The van der Waals surface area contributed by atoms with Gasteiger partial charge in [-0.3, -0.25) is 4.79 Å². The number of benzene rings is 1. The molecule has 1 atom stereocenters. The fourth-order valence-corrected chi connectivity index (χ4v) is 3.85. The fraction of sp³-hybridized carbons (Fsp3) is 0.519. The summed E-state index contributed by atoms with van der Waals surface area (Å²) in [6.07, 6.45) is 23.0. The second-order valence-corrected chi connectivity index (χ2v) is 8.18. The Balaban J connectivity index is 2.04. The first-order valence-electron chi connectivity index (χ1n) is 11.6.